The van der Waals surface area contributed by atoms with Gasteiger partial charge in [-0.3, -0.25) is 4.79 Å². The molecule has 0 radical (unpaired) electrons. The number of nitrogens with zero attached hydrogens (tertiary/aromatic N) is 1. The molecule has 0 atom stereocenters. The number of nitrogens with one attached hydrogen (secondary N) is 1. The number of rotatable bonds is 3. The SMILES string of the molecule is O=C(NCC1CC1)c1ccc(Br)nc1. The van der Waals surface area contributed by atoms with Crippen LogP contribution < -0.4 is 5.32 Å². The maximum atomic E-state index is 11.5. The molecule has 1 aliphatic rings. The van der Waals surface area contributed by atoms with E-state index in [1.165, 1.54) is 12.8 Å². The first-order valence-corrected chi connectivity index (χ1v) is 5.45. The maximum Gasteiger partial charge on any atom is 0.252 e. The van der Waals surface area contributed by atoms with Gasteiger partial charge < -0.3 is 5.32 Å². The average molecular weight is 255 g/mol. The van der Waals surface area contributed by atoms with Crippen molar-refractivity contribution in [3.63, 3.8) is 0 Å². The normalized spacial score (nSPS) is 15.2. The Balaban J connectivity index is 1.92. The highest BCUT2D eigenvalue weighted by Gasteiger charge is 2.21. The Kier molecular flexibility index (Phi) is 2.82. The third-order valence-electron chi connectivity index (χ3n) is 2.24. The van der Waals surface area contributed by atoms with E-state index >= 15 is 0 Å². The molecule has 1 fully saturated rings. The van der Waals surface area contributed by atoms with Crippen LogP contribution in [0.5, 0.6) is 0 Å². The molecule has 0 aliphatic heterocycles. The Morgan fingerprint density at radius 3 is 2.93 bits per heavy atom. The van der Waals surface area contributed by atoms with E-state index in [1.54, 1.807) is 18.3 Å². The minimum atomic E-state index is -0.0306. The Morgan fingerprint density at radius 2 is 2.36 bits per heavy atom. The van der Waals surface area contributed by atoms with Gasteiger partial charge in [0, 0.05) is 12.7 Å². The Bertz CT molecular complexity index is 332. The van der Waals surface area contributed by atoms with Crippen LogP contribution in [0, 0.1) is 5.92 Å². The first-order valence-electron chi connectivity index (χ1n) is 4.65. The third-order valence-corrected chi connectivity index (χ3v) is 2.71. The van der Waals surface area contributed by atoms with Gasteiger partial charge in [0.15, 0.2) is 0 Å². The van der Waals surface area contributed by atoms with Crippen molar-refractivity contribution in [2.75, 3.05) is 6.54 Å². The maximum absolute atomic E-state index is 11.5. The van der Waals surface area contributed by atoms with Crippen molar-refractivity contribution in [2.24, 2.45) is 5.92 Å². The quantitative estimate of drug-likeness (QED) is 0.839. The van der Waals surface area contributed by atoms with Crippen LogP contribution in [0.2, 0.25) is 0 Å². The lowest BCUT2D eigenvalue weighted by atomic mass is 10.2. The number of pyridine rings is 1. The van der Waals surface area contributed by atoms with E-state index in [0.717, 1.165) is 11.1 Å². The van der Waals surface area contributed by atoms with Crippen LogP contribution in [0.25, 0.3) is 0 Å². The summed E-state index contributed by atoms with van der Waals surface area (Å²) in [4.78, 5) is 15.5. The van der Waals surface area contributed by atoms with Crippen molar-refractivity contribution in [2.45, 2.75) is 12.8 Å². The Labute approximate surface area is 91.0 Å². The van der Waals surface area contributed by atoms with E-state index in [0.29, 0.717) is 11.5 Å². The molecule has 1 heterocycles. The fraction of sp³-hybridized carbons (Fsp3) is 0.400. The third kappa shape index (κ3) is 2.54. The molecule has 1 aromatic heterocycles. The Hall–Kier alpha value is -0.900. The van der Waals surface area contributed by atoms with Gasteiger partial charge in [-0.2, -0.15) is 0 Å². The second kappa shape index (κ2) is 4.09. The lowest BCUT2D eigenvalue weighted by Gasteiger charge is -2.02. The predicted octanol–water partition coefficient (Wildman–Crippen LogP) is 1.98. The summed E-state index contributed by atoms with van der Waals surface area (Å²) in [5, 5.41) is 2.89. The number of hydrogen-bond acceptors (Lipinski definition) is 2. The van der Waals surface area contributed by atoms with Crippen LogP contribution in [0.3, 0.4) is 0 Å². The zero-order valence-electron chi connectivity index (χ0n) is 7.66. The van der Waals surface area contributed by atoms with Gasteiger partial charge in [0.25, 0.3) is 5.91 Å². The molecule has 1 aromatic rings. The summed E-state index contributed by atoms with van der Waals surface area (Å²) < 4.78 is 0.747. The zero-order chi connectivity index (χ0) is 9.97. The summed E-state index contributed by atoms with van der Waals surface area (Å²) in [5.41, 5.74) is 0.619. The van der Waals surface area contributed by atoms with E-state index in [4.69, 9.17) is 0 Å². The van der Waals surface area contributed by atoms with Crippen LogP contribution in [-0.2, 0) is 0 Å². The van der Waals surface area contributed by atoms with E-state index in [9.17, 15) is 4.79 Å². The molecule has 1 aliphatic carbocycles. The summed E-state index contributed by atoms with van der Waals surface area (Å²) in [6, 6.07) is 3.53. The summed E-state index contributed by atoms with van der Waals surface area (Å²) in [5.74, 6) is 0.680. The first kappa shape index (κ1) is 9.65. The van der Waals surface area contributed by atoms with Crippen LogP contribution in [-0.4, -0.2) is 17.4 Å². The molecule has 14 heavy (non-hydrogen) atoms. The van der Waals surface area contributed by atoms with Crippen molar-refractivity contribution in [1.29, 1.82) is 0 Å². The number of amides is 1. The molecule has 4 heteroatoms. The largest absolute Gasteiger partial charge is 0.352 e. The second-order valence-corrected chi connectivity index (χ2v) is 4.34. The van der Waals surface area contributed by atoms with Crippen molar-refractivity contribution in [1.82, 2.24) is 10.3 Å². The van der Waals surface area contributed by atoms with Crippen molar-refractivity contribution in [3.05, 3.63) is 28.5 Å². The molecule has 3 nitrogen and oxygen atoms in total. The molecular weight excluding hydrogens is 244 g/mol. The van der Waals surface area contributed by atoms with Gasteiger partial charge in [-0.05, 0) is 46.8 Å². The van der Waals surface area contributed by atoms with Crippen LogP contribution >= 0.6 is 15.9 Å². The number of aromatic nitrogens is 1. The molecule has 0 aromatic carbocycles. The molecular formula is C10H11BrN2O. The fourth-order valence-corrected chi connectivity index (χ4v) is 1.41. The van der Waals surface area contributed by atoms with Crippen molar-refractivity contribution < 1.29 is 4.79 Å². The highest BCUT2D eigenvalue weighted by Crippen LogP contribution is 2.27. The van der Waals surface area contributed by atoms with Crippen LogP contribution in [0.4, 0.5) is 0 Å². The monoisotopic (exact) mass is 254 g/mol. The summed E-state index contributed by atoms with van der Waals surface area (Å²) in [7, 11) is 0. The molecule has 1 amide bonds. The smallest absolute Gasteiger partial charge is 0.252 e. The Morgan fingerprint density at radius 1 is 1.57 bits per heavy atom. The molecule has 0 bridgehead atoms. The number of halogens is 1. The van der Waals surface area contributed by atoms with Gasteiger partial charge >= 0.3 is 0 Å². The first-order chi connectivity index (χ1) is 6.75. The summed E-state index contributed by atoms with van der Waals surface area (Å²) in [6.45, 7) is 0.800. The molecule has 0 saturated heterocycles. The van der Waals surface area contributed by atoms with E-state index in [2.05, 4.69) is 26.2 Å². The molecule has 1 saturated carbocycles. The highest BCUT2D eigenvalue weighted by molar-refractivity contribution is 9.10. The van der Waals surface area contributed by atoms with Gasteiger partial charge in [-0.1, -0.05) is 0 Å². The van der Waals surface area contributed by atoms with Gasteiger partial charge in [0.2, 0.25) is 0 Å². The molecule has 1 N–H and O–H groups in total. The number of carbonyl (C=O) groups excluding carboxylic acids is 1. The molecule has 0 unspecified atom stereocenters. The van der Waals surface area contributed by atoms with Crippen LogP contribution in [0.1, 0.15) is 23.2 Å². The number of carbonyl (C=O) groups is 1. The zero-order valence-corrected chi connectivity index (χ0v) is 9.25. The predicted molar refractivity (Wildman–Crippen MR) is 57.0 cm³/mol. The standard InChI is InChI=1S/C10H11BrN2O/c11-9-4-3-8(6-12-9)10(14)13-5-7-1-2-7/h3-4,6-7H,1-2,5H2,(H,13,14). The fourth-order valence-electron chi connectivity index (χ4n) is 1.17. The topological polar surface area (TPSA) is 42.0 Å². The lowest BCUT2D eigenvalue weighted by molar-refractivity contribution is 0.0951. The minimum Gasteiger partial charge on any atom is -0.352 e. The summed E-state index contributed by atoms with van der Waals surface area (Å²) >= 11 is 3.22. The minimum absolute atomic E-state index is 0.0306. The number of hydrogen-bond donors (Lipinski definition) is 1. The van der Waals surface area contributed by atoms with Crippen molar-refractivity contribution >= 4 is 21.8 Å². The lowest BCUT2D eigenvalue weighted by Crippen LogP contribution is -2.25. The van der Waals surface area contributed by atoms with E-state index in [-0.39, 0.29) is 5.91 Å². The molecule has 2 rings (SSSR count). The van der Waals surface area contributed by atoms with Gasteiger partial charge in [-0.25, -0.2) is 4.98 Å². The second-order valence-electron chi connectivity index (χ2n) is 3.52. The van der Waals surface area contributed by atoms with Gasteiger partial charge in [-0.15, -0.1) is 0 Å². The highest BCUT2D eigenvalue weighted by atomic mass is 79.9. The van der Waals surface area contributed by atoms with E-state index in [1.807, 2.05) is 0 Å². The molecule has 74 valence electrons. The van der Waals surface area contributed by atoms with E-state index < -0.39 is 0 Å². The average Bonchev–Trinajstić information content (AvgIpc) is 2.99. The molecule has 0 spiro atoms. The van der Waals surface area contributed by atoms with Crippen molar-refractivity contribution in [3.8, 4) is 0 Å². The van der Waals surface area contributed by atoms with Gasteiger partial charge in [0.1, 0.15) is 4.60 Å². The summed E-state index contributed by atoms with van der Waals surface area (Å²) in [6.07, 6.45) is 4.07. The van der Waals surface area contributed by atoms with Gasteiger partial charge in [0.05, 0.1) is 5.56 Å². The van der Waals surface area contributed by atoms with Crippen LogP contribution in [0.15, 0.2) is 22.9 Å².